The minimum absolute atomic E-state index is 0.0301. The lowest BCUT2D eigenvalue weighted by atomic mass is 9.90. The van der Waals surface area contributed by atoms with Crippen molar-refractivity contribution < 1.29 is 57.1 Å². The van der Waals surface area contributed by atoms with E-state index in [1.54, 1.807) is 12.1 Å². The largest absolute Gasteiger partial charge is 0.460 e. The zero-order valence-corrected chi connectivity index (χ0v) is 16.9. The molecule has 1 aromatic carbocycles. The number of benzene rings is 1. The number of nitriles is 2. The quantitative estimate of drug-likeness (QED) is 0.288. The molecule has 0 fully saturated rings. The molecule has 1 aliphatic rings. The molecule has 0 spiro atoms. The third kappa shape index (κ3) is 4.14. The summed E-state index contributed by atoms with van der Waals surface area (Å²) >= 11 is 0. The maximum Gasteiger partial charge on any atom is 0.460 e. The zero-order valence-electron chi connectivity index (χ0n) is 16.9. The molecule has 0 unspecified atom stereocenters. The molecule has 0 radical (unpaired) electrons. The number of anilines is 1. The minimum atomic E-state index is -7.97. The van der Waals surface area contributed by atoms with Crippen molar-refractivity contribution in [3.63, 3.8) is 0 Å². The van der Waals surface area contributed by atoms with Crippen LogP contribution in [0.3, 0.4) is 0 Å². The summed E-state index contributed by atoms with van der Waals surface area (Å²) in [5.41, 5.74) is -2.43. The van der Waals surface area contributed by atoms with Gasteiger partial charge in [0, 0.05) is 29.2 Å². The molecule has 2 rings (SSSR count). The van der Waals surface area contributed by atoms with E-state index in [9.17, 15) is 57.1 Å². The number of alkyl halides is 13. The molecule has 0 saturated heterocycles. The van der Waals surface area contributed by atoms with Crippen LogP contribution in [-0.4, -0.2) is 29.9 Å². The van der Waals surface area contributed by atoms with Crippen molar-refractivity contribution in [2.24, 2.45) is 0 Å². The Hall–Kier alpha value is -3.69. The van der Waals surface area contributed by atoms with Gasteiger partial charge in [-0.1, -0.05) is 12.1 Å². The number of halogens is 13. The summed E-state index contributed by atoms with van der Waals surface area (Å²) in [4.78, 5) is 1.09. The van der Waals surface area contributed by atoms with Crippen LogP contribution >= 0.6 is 0 Å². The van der Waals surface area contributed by atoms with Gasteiger partial charge in [0.2, 0.25) is 0 Å². The summed E-state index contributed by atoms with van der Waals surface area (Å²) in [5, 5.41) is 17.6. The number of nitrogens with zero attached hydrogens (tertiary/aromatic N) is 3. The number of allylic oxidation sites excluding steroid dienone is 4. The van der Waals surface area contributed by atoms with Crippen LogP contribution in [0.5, 0.6) is 0 Å². The maximum absolute atomic E-state index is 14.2. The molecule has 1 aromatic rings. The lowest BCUT2D eigenvalue weighted by Crippen LogP contribution is -2.69. The van der Waals surface area contributed by atoms with Crippen LogP contribution in [0.4, 0.5) is 62.8 Å². The van der Waals surface area contributed by atoms with Gasteiger partial charge in [-0.25, -0.2) is 0 Å². The normalized spacial score (nSPS) is 15.5. The van der Waals surface area contributed by atoms with E-state index in [0.29, 0.717) is 12.1 Å². The molecule has 0 aliphatic carbocycles. The number of hydrogen-bond acceptors (Lipinski definition) is 3. The SMILES string of the molecule is N#CC(C#N)=C1C=CN(c2ccc(C(F)(F)C(F)(F)C(F)(F)C(F)(F)C(F)(F)C(F)(F)F)cc2)C=C1. The van der Waals surface area contributed by atoms with Crippen molar-refractivity contribution in [3.05, 3.63) is 65.5 Å². The van der Waals surface area contributed by atoms with Crippen LogP contribution in [0.1, 0.15) is 5.56 Å². The summed E-state index contributed by atoms with van der Waals surface area (Å²) in [5.74, 6) is -37.4. The highest BCUT2D eigenvalue weighted by atomic mass is 19.4. The average molecular weight is 537 g/mol. The van der Waals surface area contributed by atoms with Gasteiger partial charge in [0.05, 0.1) is 0 Å². The first kappa shape index (κ1) is 28.5. The number of hydrogen-bond donors (Lipinski definition) is 0. The Kier molecular flexibility index (Phi) is 6.94. The third-order valence-corrected chi connectivity index (χ3v) is 4.80. The molecule has 194 valence electrons. The van der Waals surface area contributed by atoms with E-state index in [1.165, 1.54) is 12.2 Å². The second-order valence-electron chi connectivity index (χ2n) is 7.01. The van der Waals surface area contributed by atoms with Gasteiger partial charge < -0.3 is 4.90 Å². The van der Waals surface area contributed by atoms with Crippen LogP contribution in [-0.2, 0) is 5.92 Å². The average Bonchev–Trinajstić information content (AvgIpc) is 2.79. The predicted octanol–water partition coefficient (Wildman–Crippen LogP) is 7.07. The molecule has 3 nitrogen and oxygen atoms in total. The van der Waals surface area contributed by atoms with Crippen molar-refractivity contribution in [1.29, 1.82) is 10.5 Å². The molecule has 0 bridgehead atoms. The lowest BCUT2D eigenvalue weighted by molar-refractivity contribution is -0.441. The summed E-state index contributed by atoms with van der Waals surface area (Å²) < 4.78 is 173. The smallest absolute Gasteiger partial charge is 0.324 e. The van der Waals surface area contributed by atoms with Crippen LogP contribution in [0.25, 0.3) is 0 Å². The molecule has 0 saturated carbocycles. The van der Waals surface area contributed by atoms with Crippen molar-refractivity contribution in [1.82, 2.24) is 0 Å². The van der Waals surface area contributed by atoms with Crippen molar-refractivity contribution >= 4 is 5.69 Å². The van der Waals surface area contributed by atoms with Crippen molar-refractivity contribution in [3.8, 4) is 12.1 Å². The zero-order chi connectivity index (χ0) is 28.0. The summed E-state index contributed by atoms with van der Waals surface area (Å²) in [7, 11) is 0. The summed E-state index contributed by atoms with van der Waals surface area (Å²) in [6.07, 6.45) is -2.78. The van der Waals surface area contributed by atoms with E-state index < -0.39 is 41.4 Å². The lowest BCUT2D eigenvalue weighted by Gasteiger charge is -2.39. The molecule has 0 N–H and O–H groups in total. The van der Waals surface area contributed by atoms with Crippen LogP contribution in [0.15, 0.2) is 60.0 Å². The predicted molar refractivity (Wildman–Crippen MR) is 95.2 cm³/mol. The highest BCUT2D eigenvalue weighted by Gasteiger charge is 2.90. The first-order valence-electron chi connectivity index (χ1n) is 8.96. The van der Waals surface area contributed by atoms with Gasteiger partial charge in [-0.3, -0.25) is 0 Å². The Labute approximate surface area is 192 Å². The van der Waals surface area contributed by atoms with Crippen LogP contribution < -0.4 is 4.90 Å². The monoisotopic (exact) mass is 537 g/mol. The first-order valence-corrected chi connectivity index (χ1v) is 8.96. The number of rotatable bonds is 6. The maximum atomic E-state index is 14.2. The topological polar surface area (TPSA) is 50.8 Å². The molecule has 1 heterocycles. The molecule has 36 heavy (non-hydrogen) atoms. The standard InChI is InChI=1S/C20H8F13N3/c21-15(22,16(23,24)17(25,26)18(27,28)19(29,30)20(31,32)33)13-1-3-14(4-2-13)36-7-5-11(6-8-36)12(9-34)10-35/h1-8H. The van der Waals surface area contributed by atoms with Gasteiger partial charge in [0.1, 0.15) is 17.7 Å². The molecule has 0 amide bonds. The van der Waals surface area contributed by atoms with E-state index >= 15 is 0 Å². The van der Waals surface area contributed by atoms with Crippen molar-refractivity contribution in [2.45, 2.75) is 35.8 Å². The Balaban J connectivity index is 2.43. The van der Waals surface area contributed by atoms with Gasteiger partial charge in [-0.05, 0) is 24.3 Å². The molecule has 0 aromatic heterocycles. The van der Waals surface area contributed by atoms with Gasteiger partial charge >= 0.3 is 35.8 Å². The third-order valence-electron chi connectivity index (χ3n) is 4.80. The Morgan fingerprint density at radius 3 is 1.42 bits per heavy atom. The first-order chi connectivity index (χ1) is 16.2. The van der Waals surface area contributed by atoms with Crippen LogP contribution in [0.2, 0.25) is 0 Å². The molecular weight excluding hydrogens is 529 g/mol. The second kappa shape index (κ2) is 8.76. The van der Waals surface area contributed by atoms with Gasteiger partial charge in [0.15, 0.2) is 0 Å². The van der Waals surface area contributed by atoms with Crippen molar-refractivity contribution in [2.75, 3.05) is 4.90 Å². The van der Waals surface area contributed by atoms with E-state index in [2.05, 4.69) is 0 Å². The van der Waals surface area contributed by atoms with Gasteiger partial charge in [0.25, 0.3) is 0 Å². The molecule has 16 heteroatoms. The molecule has 0 atom stereocenters. The minimum Gasteiger partial charge on any atom is -0.324 e. The van der Waals surface area contributed by atoms with E-state index in [1.807, 2.05) is 0 Å². The fourth-order valence-electron chi connectivity index (χ4n) is 2.71. The Morgan fingerprint density at radius 1 is 0.611 bits per heavy atom. The Morgan fingerprint density at radius 2 is 1.03 bits per heavy atom. The summed E-state index contributed by atoms with van der Waals surface area (Å²) in [6.45, 7) is 0. The Bertz CT molecular complexity index is 1150. The highest BCUT2D eigenvalue weighted by Crippen LogP contribution is 2.62. The fraction of sp³-hybridized carbons (Fsp3) is 0.300. The molecule has 1 aliphatic heterocycles. The van der Waals surface area contributed by atoms with E-state index in [-0.39, 0.29) is 29.0 Å². The van der Waals surface area contributed by atoms with Gasteiger partial charge in [-0.15, -0.1) is 0 Å². The highest BCUT2D eigenvalue weighted by molar-refractivity contribution is 5.60. The fourth-order valence-corrected chi connectivity index (χ4v) is 2.71. The molecular formula is C20H8F13N3. The van der Waals surface area contributed by atoms with E-state index in [0.717, 1.165) is 17.3 Å². The van der Waals surface area contributed by atoms with Gasteiger partial charge in [-0.2, -0.15) is 67.6 Å². The van der Waals surface area contributed by atoms with E-state index in [4.69, 9.17) is 10.5 Å². The van der Waals surface area contributed by atoms with Crippen LogP contribution in [0, 0.1) is 22.7 Å². The second-order valence-corrected chi connectivity index (χ2v) is 7.01. The summed E-state index contributed by atoms with van der Waals surface area (Å²) in [6, 6.07) is 4.37.